The average Bonchev–Trinajstić information content (AvgIpc) is 1.72. The monoisotopic (exact) mass is 259 g/mol. The Hall–Kier alpha value is 1.05. The van der Waals surface area contributed by atoms with Crippen LogP contribution in [0.3, 0.4) is 0 Å². The third-order valence-electron chi connectivity index (χ3n) is 1.34. The van der Waals surface area contributed by atoms with Crippen LogP contribution < -0.4 is 0 Å². The second kappa shape index (κ2) is 11.8. The zero-order valence-corrected chi connectivity index (χ0v) is 11.5. The van der Waals surface area contributed by atoms with Crippen molar-refractivity contribution < 1.29 is 0 Å². The molecule has 2 radical (unpaired) electrons. The first-order chi connectivity index (χ1) is 3.35. The molecule has 0 heterocycles. The van der Waals surface area contributed by atoms with Gasteiger partial charge in [-0.15, -0.1) is 12.4 Å². The predicted molar refractivity (Wildman–Crippen MR) is 49.3 cm³/mol. The topological polar surface area (TPSA) is 3.24 Å². The van der Waals surface area contributed by atoms with Crippen molar-refractivity contribution in [1.29, 1.82) is 0 Å². The third kappa shape index (κ3) is 9.05. The van der Waals surface area contributed by atoms with Gasteiger partial charge in [0, 0.05) is 0 Å². The van der Waals surface area contributed by atoms with E-state index in [-0.39, 0.29) is 36.3 Å². The maximum atomic E-state index is 2.38. The molecule has 0 fully saturated rings. The van der Waals surface area contributed by atoms with Crippen LogP contribution in [0.25, 0.3) is 0 Å². The number of rotatable bonds is 3. The first-order valence-corrected chi connectivity index (χ1v) is 3.07. The molecule has 0 unspecified atom stereocenters. The Morgan fingerprint density at radius 3 is 1.11 bits per heavy atom. The van der Waals surface area contributed by atoms with E-state index in [1.165, 1.54) is 19.6 Å². The van der Waals surface area contributed by atoms with Crippen molar-refractivity contribution in [3.8, 4) is 0 Å². The van der Waals surface area contributed by atoms with Gasteiger partial charge >= 0.3 is 23.9 Å². The van der Waals surface area contributed by atoms with E-state index >= 15 is 0 Å². The van der Waals surface area contributed by atoms with Gasteiger partial charge in [0.25, 0.3) is 0 Å². The van der Waals surface area contributed by atoms with Crippen LogP contribution in [-0.2, 0) is 0 Å². The Kier molecular flexibility index (Phi) is 21.7. The molecule has 0 atom stereocenters. The van der Waals surface area contributed by atoms with E-state index in [0.717, 1.165) is 0 Å². The van der Waals surface area contributed by atoms with Gasteiger partial charge in [0.2, 0.25) is 0 Å². The van der Waals surface area contributed by atoms with Crippen LogP contribution in [0.2, 0.25) is 0 Å². The fraction of sp³-hybridized carbons (Fsp3) is 1.00. The van der Waals surface area contributed by atoms with Crippen LogP contribution in [-0.4, -0.2) is 48.4 Å². The molecule has 0 bridgehead atoms. The summed E-state index contributed by atoms with van der Waals surface area (Å²) in [5.74, 6) is 0. The van der Waals surface area contributed by atoms with E-state index in [1.54, 1.807) is 0 Å². The molecule has 0 aliphatic heterocycles. The van der Waals surface area contributed by atoms with Crippen molar-refractivity contribution in [2.45, 2.75) is 20.8 Å². The van der Waals surface area contributed by atoms with Crippen molar-refractivity contribution in [3.05, 3.63) is 0 Å². The zero-order valence-electron chi connectivity index (χ0n) is 6.68. The molecule has 3 heteroatoms. The van der Waals surface area contributed by atoms with Gasteiger partial charge in [0.15, 0.2) is 0 Å². The summed E-state index contributed by atoms with van der Waals surface area (Å²) in [7, 11) is 0. The van der Waals surface area contributed by atoms with Gasteiger partial charge in [0.05, 0.1) is 0 Å². The quantitative estimate of drug-likeness (QED) is 0.679. The summed E-state index contributed by atoms with van der Waals surface area (Å²) in [5, 5.41) is 0. The molecule has 9 heavy (non-hydrogen) atoms. The van der Waals surface area contributed by atoms with E-state index in [9.17, 15) is 0 Å². The third-order valence-corrected chi connectivity index (χ3v) is 1.34. The van der Waals surface area contributed by atoms with Crippen LogP contribution in [0.15, 0.2) is 0 Å². The fourth-order valence-electron chi connectivity index (χ4n) is 0.671. The summed E-state index contributed by atoms with van der Waals surface area (Å²) in [6.07, 6.45) is 0. The molecule has 0 aromatic heterocycles. The standard InChI is InChI=1S/C6H15N.ClH.Sn.2H/c1-4-7(5-2)6-3;;;;/h4-6H2,1-3H3;1H;;;. The number of hydrogen-bond acceptors (Lipinski definition) is 1. The summed E-state index contributed by atoms with van der Waals surface area (Å²) in [5.41, 5.74) is 0. The normalized spacial score (nSPS) is 8.00. The number of halogens is 1. The molecule has 0 amide bonds. The molecule has 0 rings (SSSR count). The van der Waals surface area contributed by atoms with Crippen LogP contribution in [0.4, 0.5) is 0 Å². The molecule has 0 aromatic rings. The van der Waals surface area contributed by atoms with E-state index in [2.05, 4.69) is 25.7 Å². The van der Waals surface area contributed by atoms with Crippen LogP contribution in [0.5, 0.6) is 0 Å². The Labute approximate surface area is 81.6 Å². The number of nitrogens with zero attached hydrogens (tertiary/aromatic N) is 1. The van der Waals surface area contributed by atoms with Gasteiger partial charge in [-0.1, -0.05) is 20.8 Å². The van der Waals surface area contributed by atoms with Gasteiger partial charge in [0.1, 0.15) is 0 Å². The molecular formula is C6H18ClNSn. The summed E-state index contributed by atoms with van der Waals surface area (Å²) < 4.78 is 0. The molecule has 0 aromatic carbocycles. The Morgan fingerprint density at radius 2 is 1.11 bits per heavy atom. The van der Waals surface area contributed by atoms with E-state index in [0.29, 0.717) is 0 Å². The van der Waals surface area contributed by atoms with Crippen LogP contribution in [0.1, 0.15) is 20.8 Å². The molecule has 1 nitrogen and oxygen atoms in total. The average molecular weight is 258 g/mol. The second-order valence-electron chi connectivity index (χ2n) is 1.62. The molecule has 0 aliphatic carbocycles. The Bertz CT molecular complexity index is 34.5. The second-order valence-corrected chi connectivity index (χ2v) is 1.62. The van der Waals surface area contributed by atoms with Crippen molar-refractivity contribution in [3.63, 3.8) is 0 Å². The number of hydrogen-bond donors (Lipinski definition) is 0. The van der Waals surface area contributed by atoms with E-state index in [4.69, 9.17) is 0 Å². The first-order valence-electron chi connectivity index (χ1n) is 3.07. The maximum absolute atomic E-state index is 2.38. The van der Waals surface area contributed by atoms with Gasteiger partial charge in [-0.25, -0.2) is 0 Å². The van der Waals surface area contributed by atoms with Crippen molar-refractivity contribution in [2.75, 3.05) is 19.6 Å². The molecule has 58 valence electrons. The predicted octanol–water partition coefficient (Wildman–Crippen LogP) is 0.854. The first kappa shape index (κ1) is 16.6. The van der Waals surface area contributed by atoms with Gasteiger partial charge in [-0.2, -0.15) is 0 Å². The van der Waals surface area contributed by atoms with Crippen LogP contribution in [0, 0.1) is 0 Å². The van der Waals surface area contributed by atoms with E-state index in [1.807, 2.05) is 0 Å². The summed E-state index contributed by atoms with van der Waals surface area (Å²) in [6.45, 7) is 10.1. The molecule has 0 spiro atoms. The molecule has 0 N–H and O–H groups in total. The van der Waals surface area contributed by atoms with Crippen molar-refractivity contribution in [1.82, 2.24) is 4.90 Å². The summed E-state index contributed by atoms with van der Waals surface area (Å²) in [6, 6.07) is 0. The van der Waals surface area contributed by atoms with Gasteiger partial charge in [-0.3, -0.25) is 0 Å². The fourth-order valence-corrected chi connectivity index (χ4v) is 0.671. The van der Waals surface area contributed by atoms with Gasteiger partial charge in [-0.05, 0) is 19.6 Å². The molecule has 0 saturated carbocycles. The summed E-state index contributed by atoms with van der Waals surface area (Å²) in [4.78, 5) is 2.38. The molecule has 0 aliphatic rings. The zero-order chi connectivity index (χ0) is 5.70. The Morgan fingerprint density at radius 1 is 0.889 bits per heavy atom. The van der Waals surface area contributed by atoms with Crippen LogP contribution >= 0.6 is 12.4 Å². The van der Waals surface area contributed by atoms with Crippen molar-refractivity contribution in [2.24, 2.45) is 0 Å². The molecular weight excluding hydrogens is 240 g/mol. The summed E-state index contributed by atoms with van der Waals surface area (Å²) >= 11 is 0. The SMILES string of the molecule is CCN(CC)CC.Cl.[SnH2]. The van der Waals surface area contributed by atoms with Gasteiger partial charge < -0.3 is 4.90 Å². The van der Waals surface area contributed by atoms with E-state index < -0.39 is 0 Å². The Balaban J connectivity index is -0.000000180. The molecule has 0 saturated heterocycles. The minimum absolute atomic E-state index is 0. The minimum atomic E-state index is 0. The van der Waals surface area contributed by atoms with Crippen molar-refractivity contribution >= 4 is 36.3 Å².